The summed E-state index contributed by atoms with van der Waals surface area (Å²) in [6.07, 6.45) is 7.20. The standard InChI is InChI=1S/C19H29NO2/c1-16-9-8-10-17(15-16)18-11-4-3-6-13-20(18)19(21)12-5-7-14-22-2/h8-10,15,18H,3-7,11-14H2,1-2H3. The van der Waals surface area contributed by atoms with Gasteiger partial charge in [0.1, 0.15) is 0 Å². The zero-order valence-electron chi connectivity index (χ0n) is 14.0. The number of hydrogen-bond donors (Lipinski definition) is 0. The number of benzene rings is 1. The molecule has 22 heavy (non-hydrogen) atoms. The van der Waals surface area contributed by atoms with E-state index in [-0.39, 0.29) is 6.04 Å². The van der Waals surface area contributed by atoms with E-state index in [4.69, 9.17) is 4.74 Å². The van der Waals surface area contributed by atoms with E-state index in [9.17, 15) is 4.79 Å². The summed E-state index contributed by atoms with van der Waals surface area (Å²) in [4.78, 5) is 14.8. The third-order valence-corrected chi connectivity index (χ3v) is 4.49. The number of likely N-dealkylation sites (tertiary alicyclic amines) is 1. The van der Waals surface area contributed by atoms with Crippen LogP contribution in [0.15, 0.2) is 24.3 Å². The van der Waals surface area contributed by atoms with Gasteiger partial charge in [0, 0.05) is 26.7 Å². The van der Waals surface area contributed by atoms with Crippen LogP contribution < -0.4 is 0 Å². The molecular weight excluding hydrogens is 274 g/mol. The summed E-state index contributed by atoms with van der Waals surface area (Å²) in [5.41, 5.74) is 2.57. The Kier molecular flexibility index (Phi) is 6.91. The largest absolute Gasteiger partial charge is 0.385 e. The highest BCUT2D eigenvalue weighted by molar-refractivity contribution is 5.76. The first kappa shape index (κ1) is 17.0. The highest BCUT2D eigenvalue weighted by atomic mass is 16.5. The predicted molar refractivity (Wildman–Crippen MR) is 89.8 cm³/mol. The second-order valence-corrected chi connectivity index (χ2v) is 6.32. The van der Waals surface area contributed by atoms with Crippen LogP contribution in [0, 0.1) is 6.92 Å². The maximum absolute atomic E-state index is 12.7. The van der Waals surface area contributed by atoms with Crippen molar-refractivity contribution in [2.24, 2.45) is 0 Å². The fourth-order valence-corrected chi connectivity index (χ4v) is 3.30. The van der Waals surface area contributed by atoms with E-state index in [0.29, 0.717) is 12.3 Å². The van der Waals surface area contributed by atoms with E-state index in [1.807, 2.05) is 0 Å². The smallest absolute Gasteiger partial charge is 0.223 e. The molecule has 0 N–H and O–H groups in total. The summed E-state index contributed by atoms with van der Waals surface area (Å²) < 4.78 is 5.07. The van der Waals surface area contributed by atoms with Crippen LogP contribution in [0.25, 0.3) is 0 Å². The van der Waals surface area contributed by atoms with E-state index in [2.05, 4.69) is 36.1 Å². The average molecular weight is 303 g/mol. The molecule has 1 heterocycles. The van der Waals surface area contributed by atoms with Crippen molar-refractivity contribution in [1.29, 1.82) is 0 Å². The Morgan fingerprint density at radius 1 is 1.27 bits per heavy atom. The molecule has 1 saturated heterocycles. The summed E-state index contributed by atoms with van der Waals surface area (Å²) in [6, 6.07) is 8.90. The molecule has 122 valence electrons. The zero-order valence-corrected chi connectivity index (χ0v) is 14.0. The number of amides is 1. The molecule has 1 aromatic carbocycles. The molecule has 1 unspecified atom stereocenters. The lowest BCUT2D eigenvalue weighted by atomic mass is 9.98. The van der Waals surface area contributed by atoms with Crippen LogP contribution in [-0.2, 0) is 9.53 Å². The zero-order chi connectivity index (χ0) is 15.8. The van der Waals surface area contributed by atoms with Crippen molar-refractivity contribution in [2.75, 3.05) is 20.3 Å². The summed E-state index contributed by atoms with van der Waals surface area (Å²) in [5, 5.41) is 0. The first-order valence-electron chi connectivity index (χ1n) is 8.57. The molecule has 1 aromatic rings. The van der Waals surface area contributed by atoms with Crippen LogP contribution in [0.1, 0.15) is 62.1 Å². The van der Waals surface area contributed by atoms with Crippen LogP contribution in [0.4, 0.5) is 0 Å². The molecule has 0 saturated carbocycles. The van der Waals surface area contributed by atoms with Gasteiger partial charge in [-0.15, -0.1) is 0 Å². The highest BCUT2D eigenvalue weighted by Gasteiger charge is 2.26. The van der Waals surface area contributed by atoms with Crippen LogP contribution in [0.3, 0.4) is 0 Å². The second kappa shape index (κ2) is 8.94. The minimum absolute atomic E-state index is 0.261. The second-order valence-electron chi connectivity index (χ2n) is 6.32. The van der Waals surface area contributed by atoms with Crippen molar-refractivity contribution in [3.05, 3.63) is 35.4 Å². The van der Waals surface area contributed by atoms with Crippen molar-refractivity contribution < 1.29 is 9.53 Å². The summed E-state index contributed by atoms with van der Waals surface area (Å²) in [6.45, 7) is 3.77. The van der Waals surface area contributed by atoms with Gasteiger partial charge >= 0.3 is 0 Å². The van der Waals surface area contributed by atoms with Gasteiger partial charge in [0.05, 0.1) is 6.04 Å². The van der Waals surface area contributed by atoms with Crippen molar-refractivity contribution in [1.82, 2.24) is 4.90 Å². The van der Waals surface area contributed by atoms with Crippen molar-refractivity contribution >= 4 is 5.91 Å². The number of carbonyl (C=O) groups is 1. The van der Waals surface area contributed by atoms with Gasteiger partial charge < -0.3 is 9.64 Å². The molecule has 3 nitrogen and oxygen atoms in total. The first-order chi connectivity index (χ1) is 10.7. The van der Waals surface area contributed by atoms with E-state index in [0.717, 1.165) is 38.8 Å². The van der Waals surface area contributed by atoms with E-state index < -0.39 is 0 Å². The van der Waals surface area contributed by atoms with E-state index in [1.165, 1.54) is 24.0 Å². The number of rotatable bonds is 6. The molecule has 0 aliphatic carbocycles. The van der Waals surface area contributed by atoms with Gasteiger partial charge in [-0.3, -0.25) is 4.79 Å². The number of hydrogen-bond acceptors (Lipinski definition) is 2. The topological polar surface area (TPSA) is 29.5 Å². The van der Waals surface area contributed by atoms with Crippen molar-refractivity contribution in [2.45, 2.75) is 57.9 Å². The number of ether oxygens (including phenoxy) is 1. The summed E-state index contributed by atoms with van der Waals surface area (Å²) in [7, 11) is 1.71. The van der Waals surface area contributed by atoms with Crippen LogP contribution in [-0.4, -0.2) is 31.1 Å². The van der Waals surface area contributed by atoms with Gasteiger partial charge in [0.15, 0.2) is 0 Å². The summed E-state index contributed by atoms with van der Waals surface area (Å²) in [5.74, 6) is 0.310. The molecule has 1 aliphatic heterocycles. The quantitative estimate of drug-likeness (QED) is 0.735. The average Bonchev–Trinajstić information content (AvgIpc) is 2.77. The number of unbranched alkanes of at least 4 members (excludes halogenated alkanes) is 1. The monoisotopic (exact) mass is 303 g/mol. The minimum atomic E-state index is 0.261. The van der Waals surface area contributed by atoms with Gasteiger partial charge in [-0.2, -0.15) is 0 Å². The van der Waals surface area contributed by atoms with Crippen molar-refractivity contribution in [3.63, 3.8) is 0 Å². The molecular formula is C19H29NO2. The highest BCUT2D eigenvalue weighted by Crippen LogP contribution is 2.31. The molecule has 1 amide bonds. The number of carbonyl (C=O) groups excluding carboxylic acids is 1. The Hall–Kier alpha value is -1.35. The molecule has 0 aromatic heterocycles. The van der Waals surface area contributed by atoms with Gasteiger partial charge in [0.25, 0.3) is 0 Å². The van der Waals surface area contributed by atoms with E-state index >= 15 is 0 Å². The third kappa shape index (κ3) is 4.84. The Bertz CT molecular complexity index is 472. The summed E-state index contributed by atoms with van der Waals surface area (Å²) >= 11 is 0. The van der Waals surface area contributed by atoms with Gasteiger partial charge in [-0.25, -0.2) is 0 Å². The van der Waals surface area contributed by atoms with Crippen LogP contribution in [0.2, 0.25) is 0 Å². The number of nitrogens with zero attached hydrogens (tertiary/aromatic N) is 1. The van der Waals surface area contributed by atoms with Crippen LogP contribution in [0.5, 0.6) is 0 Å². The maximum atomic E-state index is 12.7. The molecule has 2 rings (SSSR count). The van der Waals surface area contributed by atoms with Gasteiger partial charge in [0.2, 0.25) is 5.91 Å². The molecule has 0 spiro atoms. The lowest BCUT2D eigenvalue weighted by Crippen LogP contribution is -2.34. The molecule has 3 heteroatoms. The normalized spacial score (nSPS) is 19.0. The van der Waals surface area contributed by atoms with E-state index in [1.54, 1.807) is 7.11 Å². The Balaban J connectivity index is 2.05. The fourth-order valence-electron chi connectivity index (χ4n) is 3.30. The maximum Gasteiger partial charge on any atom is 0.223 e. The SMILES string of the molecule is COCCCCC(=O)N1CCCCCC1c1cccc(C)c1. The first-order valence-corrected chi connectivity index (χ1v) is 8.57. The molecule has 0 radical (unpaired) electrons. The van der Waals surface area contributed by atoms with Crippen molar-refractivity contribution in [3.8, 4) is 0 Å². The number of methoxy groups -OCH3 is 1. The Labute approximate surface area is 134 Å². The molecule has 1 fully saturated rings. The number of aryl methyl sites for hydroxylation is 1. The lowest BCUT2D eigenvalue weighted by molar-refractivity contribution is -0.133. The Morgan fingerprint density at radius 3 is 2.91 bits per heavy atom. The Morgan fingerprint density at radius 2 is 2.14 bits per heavy atom. The fraction of sp³-hybridized carbons (Fsp3) is 0.632. The molecule has 0 bridgehead atoms. The van der Waals surface area contributed by atoms with Gasteiger partial charge in [-0.1, -0.05) is 42.7 Å². The molecule has 1 atom stereocenters. The predicted octanol–water partition coefficient (Wildman–Crippen LogP) is 4.26. The van der Waals surface area contributed by atoms with Gasteiger partial charge in [-0.05, 0) is 38.2 Å². The lowest BCUT2D eigenvalue weighted by Gasteiger charge is -2.31. The third-order valence-electron chi connectivity index (χ3n) is 4.49. The molecule has 1 aliphatic rings. The minimum Gasteiger partial charge on any atom is -0.385 e. The van der Waals surface area contributed by atoms with Crippen LogP contribution >= 0.6 is 0 Å².